The molecule has 0 fully saturated rings. The van der Waals surface area contributed by atoms with E-state index in [-0.39, 0.29) is 5.78 Å². The molecule has 0 radical (unpaired) electrons. The van der Waals surface area contributed by atoms with E-state index in [4.69, 9.17) is 0 Å². The third kappa shape index (κ3) is 5.21. The maximum absolute atomic E-state index is 12.4. The first kappa shape index (κ1) is 20.0. The molecule has 0 amide bonds. The highest BCUT2D eigenvalue weighted by molar-refractivity contribution is 7.99. The number of hydrogen-bond acceptors (Lipinski definition) is 5. The number of thioether (sulfide) groups is 1. The monoisotopic (exact) mass is 414 g/mol. The highest BCUT2D eigenvalue weighted by atomic mass is 32.2. The Morgan fingerprint density at radius 2 is 1.60 bits per heavy atom. The largest absolute Gasteiger partial charge is 0.299 e. The molecule has 0 aliphatic rings. The summed E-state index contributed by atoms with van der Waals surface area (Å²) >= 11 is 1.44. The minimum Gasteiger partial charge on any atom is -0.299 e. The van der Waals surface area contributed by atoms with Gasteiger partial charge < -0.3 is 0 Å². The second-order valence-corrected chi connectivity index (χ2v) is 7.88. The fourth-order valence-corrected chi connectivity index (χ4v) is 4.00. The molecule has 4 aromatic rings. The van der Waals surface area contributed by atoms with Crippen molar-refractivity contribution in [2.45, 2.75) is 24.5 Å². The lowest BCUT2D eigenvalue weighted by atomic mass is 10.1. The SMILES string of the molecule is O=C(CCc1ccccc1)CSc1nnc(-c2cccnc2)n1Cc1ccccc1. The van der Waals surface area contributed by atoms with Crippen molar-refractivity contribution in [3.05, 3.63) is 96.3 Å². The maximum atomic E-state index is 12.4. The van der Waals surface area contributed by atoms with Crippen LogP contribution in [0.4, 0.5) is 0 Å². The molecule has 6 heteroatoms. The lowest BCUT2D eigenvalue weighted by Crippen LogP contribution is -2.07. The third-order valence-corrected chi connectivity index (χ3v) is 5.74. The molecule has 4 rings (SSSR count). The quantitative estimate of drug-likeness (QED) is 0.372. The molecule has 0 saturated carbocycles. The summed E-state index contributed by atoms with van der Waals surface area (Å²) in [6, 6.07) is 24.1. The number of pyridine rings is 1. The van der Waals surface area contributed by atoms with E-state index >= 15 is 0 Å². The van der Waals surface area contributed by atoms with Gasteiger partial charge in [0.2, 0.25) is 0 Å². The maximum Gasteiger partial charge on any atom is 0.192 e. The molecule has 2 aromatic heterocycles. The van der Waals surface area contributed by atoms with Gasteiger partial charge in [0.05, 0.1) is 12.3 Å². The first-order chi connectivity index (χ1) is 14.8. The minimum atomic E-state index is 0.209. The van der Waals surface area contributed by atoms with Crippen LogP contribution in [0.5, 0.6) is 0 Å². The summed E-state index contributed by atoms with van der Waals surface area (Å²) in [5, 5.41) is 9.51. The summed E-state index contributed by atoms with van der Waals surface area (Å²) in [5.74, 6) is 1.35. The van der Waals surface area contributed by atoms with Gasteiger partial charge in [-0.1, -0.05) is 72.4 Å². The van der Waals surface area contributed by atoms with E-state index in [2.05, 4.69) is 44.0 Å². The van der Waals surface area contributed by atoms with Crippen LogP contribution < -0.4 is 0 Å². The second-order valence-electron chi connectivity index (χ2n) is 6.93. The van der Waals surface area contributed by atoms with Crippen molar-refractivity contribution in [1.29, 1.82) is 0 Å². The van der Waals surface area contributed by atoms with Gasteiger partial charge >= 0.3 is 0 Å². The van der Waals surface area contributed by atoms with Crippen LogP contribution in [-0.2, 0) is 17.8 Å². The van der Waals surface area contributed by atoms with Gasteiger partial charge in [-0.05, 0) is 29.7 Å². The zero-order valence-electron chi connectivity index (χ0n) is 16.5. The molecular formula is C24H22N4OS. The number of rotatable bonds is 9. The Kier molecular flexibility index (Phi) is 6.67. The van der Waals surface area contributed by atoms with Gasteiger partial charge in [0.25, 0.3) is 0 Å². The fraction of sp³-hybridized carbons (Fsp3) is 0.167. The molecule has 0 N–H and O–H groups in total. The van der Waals surface area contributed by atoms with Crippen LogP contribution in [0.15, 0.2) is 90.3 Å². The Morgan fingerprint density at radius 3 is 2.30 bits per heavy atom. The number of nitrogens with zero attached hydrogens (tertiary/aromatic N) is 4. The molecule has 30 heavy (non-hydrogen) atoms. The van der Waals surface area contributed by atoms with Crippen LogP contribution in [0.2, 0.25) is 0 Å². The lowest BCUT2D eigenvalue weighted by Gasteiger charge is -2.10. The van der Waals surface area contributed by atoms with Crippen LogP contribution in [0.3, 0.4) is 0 Å². The summed E-state index contributed by atoms with van der Waals surface area (Å²) < 4.78 is 2.06. The highest BCUT2D eigenvalue weighted by Crippen LogP contribution is 2.25. The van der Waals surface area contributed by atoms with Crippen LogP contribution in [0.1, 0.15) is 17.5 Å². The minimum absolute atomic E-state index is 0.209. The third-order valence-electron chi connectivity index (χ3n) is 4.72. The summed E-state index contributed by atoms with van der Waals surface area (Å²) in [7, 11) is 0. The fourth-order valence-electron chi connectivity index (χ4n) is 3.16. The Bertz CT molecular complexity index is 1080. The van der Waals surface area contributed by atoms with Crippen molar-refractivity contribution in [2.75, 3.05) is 5.75 Å². The first-order valence-corrected chi connectivity index (χ1v) is 10.8. The lowest BCUT2D eigenvalue weighted by molar-refractivity contribution is -0.116. The summed E-state index contributed by atoms with van der Waals surface area (Å²) in [5.41, 5.74) is 3.24. The summed E-state index contributed by atoms with van der Waals surface area (Å²) in [4.78, 5) is 16.7. The molecule has 5 nitrogen and oxygen atoms in total. The van der Waals surface area contributed by atoms with Crippen molar-refractivity contribution in [3.63, 3.8) is 0 Å². The number of aromatic nitrogens is 4. The van der Waals surface area contributed by atoms with Crippen molar-refractivity contribution >= 4 is 17.5 Å². The van der Waals surface area contributed by atoms with E-state index in [1.807, 2.05) is 48.5 Å². The molecule has 2 heterocycles. The summed E-state index contributed by atoms with van der Waals surface area (Å²) in [6.45, 7) is 0.638. The average Bonchev–Trinajstić information content (AvgIpc) is 3.20. The van der Waals surface area contributed by atoms with E-state index in [1.54, 1.807) is 12.4 Å². The van der Waals surface area contributed by atoms with E-state index < -0.39 is 0 Å². The summed E-state index contributed by atoms with van der Waals surface area (Å²) in [6.07, 6.45) is 4.81. The van der Waals surface area contributed by atoms with Gasteiger partial charge in [0.1, 0.15) is 5.78 Å². The molecule has 150 valence electrons. The van der Waals surface area contributed by atoms with Crippen LogP contribution in [0, 0.1) is 0 Å². The second kappa shape index (κ2) is 9.98. The smallest absolute Gasteiger partial charge is 0.192 e. The Hall–Kier alpha value is -3.25. The molecule has 2 aromatic carbocycles. The normalized spacial score (nSPS) is 10.8. The Labute approximate surface area is 180 Å². The molecule has 0 saturated heterocycles. The number of ketones is 1. The molecule has 0 atom stereocenters. The number of benzene rings is 2. The zero-order chi connectivity index (χ0) is 20.6. The molecular weight excluding hydrogens is 392 g/mol. The molecule has 0 aliphatic carbocycles. The standard InChI is InChI=1S/C24H22N4OS/c29-22(14-13-19-8-3-1-4-9-19)18-30-24-27-26-23(21-12-7-15-25-16-21)28(24)17-20-10-5-2-6-11-20/h1-12,15-16H,13-14,17-18H2. The van der Waals surface area contributed by atoms with E-state index in [9.17, 15) is 4.79 Å². The van der Waals surface area contributed by atoms with Crippen LogP contribution in [0.25, 0.3) is 11.4 Å². The molecule has 0 bridgehead atoms. The Balaban J connectivity index is 1.48. The van der Waals surface area contributed by atoms with Crippen LogP contribution in [-0.4, -0.2) is 31.3 Å². The number of Topliss-reactive ketones (excluding diaryl/α,β-unsaturated/α-hetero) is 1. The van der Waals surface area contributed by atoms with Crippen molar-refractivity contribution in [2.24, 2.45) is 0 Å². The number of carbonyl (C=O) groups excluding carboxylic acids is 1. The molecule has 0 aliphatic heterocycles. The van der Waals surface area contributed by atoms with Gasteiger partial charge in [0.15, 0.2) is 11.0 Å². The average molecular weight is 415 g/mol. The van der Waals surface area contributed by atoms with Gasteiger partial charge in [-0.2, -0.15) is 0 Å². The predicted molar refractivity (Wildman–Crippen MR) is 119 cm³/mol. The van der Waals surface area contributed by atoms with Crippen molar-refractivity contribution < 1.29 is 4.79 Å². The Morgan fingerprint density at radius 1 is 0.867 bits per heavy atom. The topological polar surface area (TPSA) is 60.7 Å². The molecule has 0 spiro atoms. The number of aryl methyl sites for hydroxylation is 1. The highest BCUT2D eigenvalue weighted by Gasteiger charge is 2.16. The molecule has 0 unspecified atom stereocenters. The van der Waals surface area contributed by atoms with Crippen molar-refractivity contribution in [3.8, 4) is 11.4 Å². The van der Waals surface area contributed by atoms with Gasteiger partial charge in [-0.3, -0.25) is 14.3 Å². The number of hydrogen-bond donors (Lipinski definition) is 0. The first-order valence-electron chi connectivity index (χ1n) is 9.85. The van der Waals surface area contributed by atoms with Crippen LogP contribution >= 0.6 is 11.8 Å². The predicted octanol–water partition coefficient (Wildman–Crippen LogP) is 4.68. The van der Waals surface area contributed by atoms with Crippen molar-refractivity contribution in [1.82, 2.24) is 19.7 Å². The van der Waals surface area contributed by atoms with Gasteiger partial charge in [-0.15, -0.1) is 10.2 Å². The number of carbonyl (C=O) groups is 1. The van der Waals surface area contributed by atoms with E-state index in [0.717, 1.165) is 28.5 Å². The van der Waals surface area contributed by atoms with E-state index in [0.29, 0.717) is 18.7 Å². The zero-order valence-corrected chi connectivity index (χ0v) is 17.3. The van der Waals surface area contributed by atoms with Gasteiger partial charge in [0, 0.05) is 24.4 Å². The van der Waals surface area contributed by atoms with E-state index in [1.165, 1.54) is 17.3 Å². The van der Waals surface area contributed by atoms with Gasteiger partial charge in [-0.25, -0.2) is 0 Å².